The molecular weight excluding hydrogens is 1130 g/mol. The number of carbonyl (C=O) groups excluding carboxylic acids is 1. The number of hydrogen-bond acceptors (Lipinski definition) is 10. The van der Waals surface area contributed by atoms with Gasteiger partial charge in [-0.2, -0.15) is 0 Å². The van der Waals surface area contributed by atoms with Gasteiger partial charge in [-0.1, -0.05) is 365 Å². The minimum atomic E-state index is -1.67. The number of allylic oxidation sites excluding steroid dienone is 6. The monoisotopic (exact) mass is 1290 g/mol. The number of rotatable bonds is 71. The molecule has 0 aliphatic carbocycles. The highest BCUT2D eigenvalue weighted by atomic mass is 16.7. The molecule has 1 fully saturated rings. The molecule has 9 atom stereocenters. The molecule has 8 N–H and O–H groups in total. The lowest BCUT2D eigenvalue weighted by molar-refractivity contribution is -0.303. The van der Waals surface area contributed by atoms with Crippen molar-refractivity contribution < 1.29 is 50.0 Å². The molecule has 1 heterocycles. The number of amides is 1. The zero-order chi connectivity index (χ0) is 66.0. The largest absolute Gasteiger partial charge is 0.394 e. The summed E-state index contributed by atoms with van der Waals surface area (Å²) >= 11 is 0. The van der Waals surface area contributed by atoms with Gasteiger partial charge < -0.3 is 50.5 Å². The molecule has 0 bridgehead atoms. The maximum Gasteiger partial charge on any atom is 0.249 e. The van der Waals surface area contributed by atoms with Gasteiger partial charge in [-0.15, -0.1) is 0 Å². The van der Waals surface area contributed by atoms with E-state index in [0.717, 1.165) is 44.9 Å². The number of carbonyl (C=O) groups is 1. The summed E-state index contributed by atoms with van der Waals surface area (Å²) in [4.78, 5) is 13.3. The molecular formula is C80H153NO10. The van der Waals surface area contributed by atoms with Crippen molar-refractivity contribution in [3.8, 4) is 0 Å². The van der Waals surface area contributed by atoms with Gasteiger partial charge in [0, 0.05) is 0 Å². The maximum absolute atomic E-state index is 13.3. The molecule has 0 aromatic heterocycles. The summed E-state index contributed by atoms with van der Waals surface area (Å²) in [6.45, 7) is 3.51. The highest BCUT2D eigenvalue weighted by Crippen LogP contribution is 2.24. The normalized spacial score (nSPS) is 18.5. The van der Waals surface area contributed by atoms with Crippen LogP contribution in [0.15, 0.2) is 36.5 Å². The fourth-order valence-electron chi connectivity index (χ4n) is 13.1. The topological polar surface area (TPSA) is 189 Å². The van der Waals surface area contributed by atoms with E-state index in [9.17, 15) is 40.5 Å². The Morgan fingerprint density at radius 3 is 1.01 bits per heavy atom. The number of ether oxygens (including phenoxy) is 2. The molecule has 538 valence electrons. The Morgan fingerprint density at radius 2 is 0.681 bits per heavy atom. The van der Waals surface area contributed by atoms with Crippen molar-refractivity contribution in [3.63, 3.8) is 0 Å². The van der Waals surface area contributed by atoms with Gasteiger partial charge in [-0.3, -0.25) is 4.79 Å². The van der Waals surface area contributed by atoms with Crippen LogP contribution in [0.25, 0.3) is 0 Å². The third kappa shape index (κ3) is 55.1. The molecule has 91 heavy (non-hydrogen) atoms. The van der Waals surface area contributed by atoms with E-state index in [-0.39, 0.29) is 12.8 Å². The Hall–Kier alpha value is -1.67. The second-order valence-corrected chi connectivity index (χ2v) is 28.1. The Kier molecular flexibility index (Phi) is 65.5. The molecule has 11 heteroatoms. The molecule has 1 rings (SSSR count). The summed E-state index contributed by atoms with van der Waals surface area (Å²) in [6, 6.07) is -1.19. The average molecular weight is 1290 g/mol. The molecule has 0 aromatic carbocycles. The van der Waals surface area contributed by atoms with E-state index in [1.165, 1.54) is 315 Å². The molecule has 1 aliphatic rings. The van der Waals surface area contributed by atoms with Gasteiger partial charge in [0.2, 0.25) is 5.91 Å². The Morgan fingerprint density at radius 1 is 0.385 bits per heavy atom. The molecule has 0 saturated carbocycles. The molecule has 0 spiro atoms. The Bertz CT molecular complexity index is 1580. The van der Waals surface area contributed by atoms with Gasteiger partial charge >= 0.3 is 0 Å². The quantitative estimate of drug-likeness (QED) is 0.0215. The van der Waals surface area contributed by atoms with Gasteiger partial charge in [0.1, 0.15) is 36.6 Å². The third-order valence-corrected chi connectivity index (χ3v) is 19.4. The third-order valence-electron chi connectivity index (χ3n) is 19.4. The van der Waals surface area contributed by atoms with Crippen LogP contribution in [-0.4, -0.2) is 110 Å². The first-order chi connectivity index (χ1) is 44.7. The summed E-state index contributed by atoms with van der Waals surface area (Å²) in [6.07, 6.45) is 78.3. The highest BCUT2D eigenvalue weighted by Gasteiger charge is 2.44. The van der Waals surface area contributed by atoms with E-state index >= 15 is 0 Å². The zero-order valence-electron chi connectivity index (χ0n) is 59.9. The van der Waals surface area contributed by atoms with Crippen molar-refractivity contribution in [1.82, 2.24) is 5.32 Å². The lowest BCUT2D eigenvalue weighted by atomic mass is 9.98. The number of unbranched alkanes of at least 4 members (excludes halogenated alkanes) is 53. The molecule has 1 saturated heterocycles. The first kappa shape index (κ1) is 87.3. The van der Waals surface area contributed by atoms with E-state index in [1.807, 2.05) is 0 Å². The van der Waals surface area contributed by atoms with Crippen LogP contribution in [0, 0.1) is 0 Å². The van der Waals surface area contributed by atoms with E-state index in [4.69, 9.17) is 9.47 Å². The van der Waals surface area contributed by atoms with E-state index < -0.39 is 74.2 Å². The van der Waals surface area contributed by atoms with Crippen LogP contribution in [0.2, 0.25) is 0 Å². The highest BCUT2D eigenvalue weighted by molar-refractivity contribution is 5.80. The standard InChI is InChI=1S/C80H153NO10/c1-3-5-7-9-11-13-15-17-19-21-23-25-27-29-31-33-35-37-39-41-43-45-47-49-51-53-55-57-59-61-63-65-67-72(83)75(85)71(70-90-80-78(88)77(87)76(86)74(69-82)91-80)81-79(89)73(84)68-66-64-62-60-58-56-54-52-50-48-46-44-42-40-38-36-34-32-30-28-26-24-22-20-18-16-14-12-10-8-6-4-2/h24,26,30,32,59,61,71-78,80,82-88H,3-23,25,27-29,31,33-58,60,62-70H2,1-2H3,(H,81,89)/b26-24-,32-30-,61-59+. The van der Waals surface area contributed by atoms with E-state index in [2.05, 4.69) is 55.6 Å². The van der Waals surface area contributed by atoms with Gasteiger partial charge in [-0.05, 0) is 70.6 Å². The molecule has 11 nitrogen and oxygen atoms in total. The Balaban J connectivity index is 2.15. The maximum atomic E-state index is 13.3. The molecule has 9 unspecified atom stereocenters. The predicted molar refractivity (Wildman–Crippen MR) is 385 cm³/mol. The number of hydrogen-bond donors (Lipinski definition) is 8. The fourth-order valence-corrected chi connectivity index (χ4v) is 13.1. The minimum Gasteiger partial charge on any atom is -0.394 e. The number of aliphatic hydroxyl groups is 7. The van der Waals surface area contributed by atoms with Crippen molar-refractivity contribution in [2.75, 3.05) is 13.2 Å². The lowest BCUT2D eigenvalue weighted by Gasteiger charge is -2.40. The van der Waals surface area contributed by atoms with Crippen molar-refractivity contribution in [2.24, 2.45) is 0 Å². The Labute approximate surface area is 562 Å². The lowest BCUT2D eigenvalue weighted by Crippen LogP contribution is -2.60. The SMILES string of the molecule is CCCCCCCCCCC/C=C\C/C=C\CCCCCCCCCCCCCCCCCCC(O)C(=O)NC(COC1OC(CO)C(O)C(O)C1O)C(O)C(O)CCC/C=C/CCCCCCCCCCCCCCCCCCCCCCCCCCCCC. The minimum absolute atomic E-state index is 0.256. The van der Waals surface area contributed by atoms with Crippen molar-refractivity contribution in [3.05, 3.63) is 36.5 Å². The van der Waals surface area contributed by atoms with Gasteiger partial charge in [0.25, 0.3) is 0 Å². The van der Waals surface area contributed by atoms with Gasteiger partial charge in [0.15, 0.2) is 6.29 Å². The second-order valence-electron chi connectivity index (χ2n) is 28.1. The molecule has 1 aliphatic heterocycles. The van der Waals surface area contributed by atoms with Crippen molar-refractivity contribution in [1.29, 1.82) is 0 Å². The van der Waals surface area contributed by atoms with Crippen LogP contribution in [0.3, 0.4) is 0 Å². The second kappa shape index (κ2) is 68.3. The zero-order valence-corrected chi connectivity index (χ0v) is 59.9. The van der Waals surface area contributed by atoms with Crippen molar-refractivity contribution >= 4 is 5.91 Å². The van der Waals surface area contributed by atoms with Gasteiger partial charge in [0.05, 0.1) is 25.4 Å². The first-order valence-corrected chi connectivity index (χ1v) is 39.9. The van der Waals surface area contributed by atoms with Crippen LogP contribution in [0.4, 0.5) is 0 Å². The summed E-state index contributed by atoms with van der Waals surface area (Å²) in [5.74, 6) is -0.700. The van der Waals surface area contributed by atoms with E-state index in [1.54, 1.807) is 0 Å². The van der Waals surface area contributed by atoms with Crippen LogP contribution in [-0.2, 0) is 14.3 Å². The summed E-state index contributed by atoms with van der Waals surface area (Å²) in [5.41, 5.74) is 0. The van der Waals surface area contributed by atoms with Crippen LogP contribution in [0.1, 0.15) is 399 Å². The summed E-state index contributed by atoms with van der Waals surface area (Å²) in [7, 11) is 0. The summed E-state index contributed by atoms with van der Waals surface area (Å²) < 4.78 is 11.2. The molecule has 0 aromatic rings. The predicted octanol–water partition coefficient (Wildman–Crippen LogP) is 20.5. The molecule has 0 radical (unpaired) electrons. The summed E-state index contributed by atoms with van der Waals surface area (Å²) in [5, 5.41) is 76.7. The first-order valence-electron chi connectivity index (χ1n) is 39.9. The average Bonchev–Trinajstić information content (AvgIpc) is 1.05. The smallest absolute Gasteiger partial charge is 0.249 e. The van der Waals surface area contributed by atoms with Crippen molar-refractivity contribution in [2.45, 2.75) is 454 Å². The van der Waals surface area contributed by atoms with Crippen LogP contribution >= 0.6 is 0 Å². The fraction of sp³-hybridized carbons (Fsp3) is 0.912. The number of aliphatic hydroxyl groups excluding tert-OH is 7. The van der Waals surface area contributed by atoms with Crippen LogP contribution in [0.5, 0.6) is 0 Å². The number of nitrogens with one attached hydrogen (secondary N) is 1. The van der Waals surface area contributed by atoms with E-state index in [0.29, 0.717) is 12.8 Å². The van der Waals surface area contributed by atoms with Crippen LogP contribution < -0.4 is 5.32 Å². The molecule has 1 amide bonds. The van der Waals surface area contributed by atoms with Gasteiger partial charge in [-0.25, -0.2) is 0 Å².